The SMILES string of the molecule is O=C(O)N1CCN(c2nn[nH]c2-c2ccccn2)CC1. The van der Waals surface area contributed by atoms with Crippen molar-refractivity contribution < 1.29 is 9.90 Å². The van der Waals surface area contributed by atoms with Gasteiger partial charge in [0.1, 0.15) is 5.69 Å². The number of pyridine rings is 1. The molecule has 1 aliphatic rings. The molecular formula is C12H14N6O2. The zero-order chi connectivity index (χ0) is 13.9. The molecule has 8 heteroatoms. The predicted molar refractivity (Wildman–Crippen MR) is 71.4 cm³/mol. The van der Waals surface area contributed by atoms with Gasteiger partial charge in [0.05, 0.1) is 5.69 Å². The van der Waals surface area contributed by atoms with Crippen LogP contribution in [-0.2, 0) is 0 Å². The molecule has 0 bridgehead atoms. The fourth-order valence-electron chi connectivity index (χ4n) is 2.24. The molecule has 3 rings (SSSR count). The highest BCUT2D eigenvalue weighted by molar-refractivity contribution is 5.69. The van der Waals surface area contributed by atoms with E-state index in [-0.39, 0.29) is 0 Å². The van der Waals surface area contributed by atoms with E-state index in [2.05, 4.69) is 20.4 Å². The first-order chi connectivity index (χ1) is 9.75. The van der Waals surface area contributed by atoms with Crippen molar-refractivity contribution in [3.05, 3.63) is 24.4 Å². The van der Waals surface area contributed by atoms with E-state index in [4.69, 9.17) is 5.11 Å². The van der Waals surface area contributed by atoms with Gasteiger partial charge in [0, 0.05) is 32.4 Å². The van der Waals surface area contributed by atoms with Crippen LogP contribution in [0.4, 0.5) is 10.6 Å². The lowest BCUT2D eigenvalue weighted by atomic mass is 10.2. The number of hydrogen-bond acceptors (Lipinski definition) is 5. The molecule has 0 saturated carbocycles. The zero-order valence-corrected chi connectivity index (χ0v) is 10.7. The fraction of sp³-hybridized carbons (Fsp3) is 0.333. The van der Waals surface area contributed by atoms with E-state index in [1.165, 1.54) is 4.90 Å². The summed E-state index contributed by atoms with van der Waals surface area (Å²) in [6.07, 6.45) is 0.831. The van der Waals surface area contributed by atoms with Crippen LogP contribution in [0.25, 0.3) is 11.4 Å². The maximum atomic E-state index is 10.9. The summed E-state index contributed by atoms with van der Waals surface area (Å²) in [6, 6.07) is 5.63. The maximum absolute atomic E-state index is 10.9. The standard InChI is InChI=1S/C12H14N6O2/c19-12(20)18-7-5-17(6-8-18)11-10(14-16-15-11)9-3-1-2-4-13-9/h1-4H,5-8H2,(H,19,20)(H,14,15,16). The lowest BCUT2D eigenvalue weighted by molar-refractivity contribution is 0.142. The smallest absolute Gasteiger partial charge is 0.407 e. The maximum Gasteiger partial charge on any atom is 0.407 e. The van der Waals surface area contributed by atoms with Crippen molar-refractivity contribution in [3.8, 4) is 11.4 Å². The Morgan fingerprint density at radius 3 is 2.70 bits per heavy atom. The number of hydrogen-bond donors (Lipinski definition) is 2. The number of piperazine rings is 1. The summed E-state index contributed by atoms with van der Waals surface area (Å²) in [6.45, 7) is 2.12. The van der Waals surface area contributed by atoms with Gasteiger partial charge in [0.25, 0.3) is 0 Å². The largest absolute Gasteiger partial charge is 0.465 e. The third kappa shape index (κ3) is 2.27. The minimum absolute atomic E-state index is 0.462. The molecule has 0 radical (unpaired) electrons. The molecule has 1 saturated heterocycles. The summed E-state index contributed by atoms with van der Waals surface area (Å²) in [4.78, 5) is 18.6. The molecule has 0 atom stereocenters. The summed E-state index contributed by atoms with van der Waals surface area (Å²) in [5.74, 6) is 0.716. The first kappa shape index (κ1) is 12.4. The van der Waals surface area contributed by atoms with Crippen LogP contribution in [-0.4, -0.2) is 62.7 Å². The second kappa shape index (κ2) is 5.16. The molecule has 2 N–H and O–H groups in total. The summed E-state index contributed by atoms with van der Waals surface area (Å²) >= 11 is 0. The lowest BCUT2D eigenvalue weighted by Gasteiger charge is -2.33. The average Bonchev–Trinajstić information content (AvgIpc) is 2.97. The number of nitrogens with one attached hydrogen (secondary N) is 1. The Balaban J connectivity index is 1.80. The molecule has 20 heavy (non-hydrogen) atoms. The Hall–Kier alpha value is -2.64. The van der Waals surface area contributed by atoms with Crippen molar-refractivity contribution in [2.45, 2.75) is 0 Å². The lowest BCUT2D eigenvalue weighted by Crippen LogP contribution is -2.48. The predicted octanol–water partition coefficient (Wildman–Crippen LogP) is 0.667. The van der Waals surface area contributed by atoms with E-state index < -0.39 is 6.09 Å². The highest BCUT2D eigenvalue weighted by Crippen LogP contribution is 2.25. The van der Waals surface area contributed by atoms with Crippen LogP contribution in [0, 0.1) is 0 Å². The molecule has 1 aliphatic heterocycles. The summed E-state index contributed by atoms with van der Waals surface area (Å²) in [7, 11) is 0. The monoisotopic (exact) mass is 274 g/mol. The normalized spacial score (nSPS) is 15.4. The van der Waals surface area contributed by atoms with Gasteiger partial charge in [-0.15, -0.1) is 5.10 Å². The highest BCUT2D eigenvalue weighted by atomic mass is 16.4. The summed E-state index contributed by atoms with van der Waals surface area (Å²) < 4.78 is 0. The first-order valence-corrected chi connectivity index (χ1v) is 6.31. The van der Waals surface area contributed by atoms with E-state index >= 15 is 0 Å². The molecule has 104 valence electrons. The van der Waals surface area contributed by atoms with Crippen LogP contribution < -0.4 is 4.90 Å². The van der Waals surface area contributed by atoms with E-state index in [0.29, 0.717) is 32.0 Å². The molecule has 0 spiro atoms. The Bertz CT molecular complexity index is 591. The van der Waals surface area contributed by atoms with Gasteiger partial charge in [-0.05, 0) is 12.1 Å². The molecule has 0 aliphatic carbocycles. The highest BCUT2D eigenvalue weighted by Gasteiger charge is 2.24. The topological polar surface area (TPSA) is 98.2 Å². The molecule has 0 aromatic carbocycles. The van der Waals surface area contributed by atoms with E-state index in [1.807, 2.05) is 23.1 Å². The Labute approximate surface area is 115 Å². The number of rotatable bonds is 2. The number of anilines is 1. The summed E-state index contributed by atoms with van der Waals surface area (Å²) in [5, 5.41) is 19.8. The second-order valence-electron chi connectivity index (χ2n) is 4.48. The zero-order valence-electron chi connectivity index (χ0n) is 10.7. The van der Waals surface area contributed by atoms with Gasteiger partial charge in [0.2, 0.25) is 0 Å². The van der Waals surface area contributed by atoms with Gasteiger partial charge in [-0.2, -0.15) is 0 Å². The molecule has 8 nitrogen and oxygen atoms in total. The molecular weight excluding hydrogens is 260 g/mol. The third-order valence-electron chi connectivity index (χ3n) is 3.30. The Kier molecular flexibility index (Phi) is 3.20. The number of carbonyl (C=O) groups is 1. The van der Waals surface area contributed by atoms with Gasteiger partial charge in [-0.1, -0.05) is 11.3 Å². The van der Waals surface area contributed by atoms with Crippen molar-refractivity contribution in [1.82, 2.24) is 25.3 Å². The molecule has 0 unspecified atom stereocenters. The minimum Gasteiger partial charge on any atom is -0.465 e. The number of carboxylic acid groups (broad SMARTS) is 1. The number of aromatic amines is 1. The molecule has 2 aromatic rings. The Morgan fingerprint density at radius 1 is 1.25 bits per heavy atom. The first-order valence-electron chi connectivity index (χ1n) is 6.31. The Morgan fingerprint density at radius 2 is 2.05 bits per heavy atom. The van der Waals surface area contributed by atoms with Crippen molar-refractivity contribution in [2.75, 3.05) is 31.1 Å². The number of nitrogens with zero attached hydrogens (tertiary/aromatic N) is 5. The van der Waals surface area contributed by atoms with Crippen LogP contribution in [0.15, 0.2) is 24.4 Å². The van der Waals surface area contributed by atoms with E-state index in [9.17, 15) is 4.79 Å². The fourth-order valence-corrected chi connectivity index (χ4v) is 2.24. The van der Waals surface area contributed by atoms with Crippen LogP contribution >= 0.6 is 0 Å². The summed E-state index contributed by atoms with van der Waals surface area (Å²) in [5.41, 5.74) is 1.53. The van der Waals surface area contributed by atoms with Gasteiger partial charge in [-0.25, -0.2) is 4.79 Å². The van der Waals surface area contributed by atoms with Crippen LogP contribution in [0.3, 0.4) is 0 Å². The van der Waals surface area contributed by atoms with Crippen molar-refractivity contribution in [3.63, 3.8) is 0 Å². The van der Waals surface area contributed by atoms with Crippen molar-refractivity contribution in [1.29, 1.82) is 0 Å². The third-order valence-corrected chi connectivity index (χ3v) is 3.30. The van der Waals surface area contributed by atoms with E-state index in [0.717, 1.165) is 11.4 Å². The van der Waals surface area contributed by atoms with Gasteiger partial charge in [-0.3, -0.25) is 10.1 Å². The van der Waals surface area contributed by atoms with E-state index in [1.54, 1.807) is 6.20 Å². The number of aromatic nitrogens is 4. The molecule has 1 amide bonds. The van der Waals surface area contributed by atoms with Crippen LogP contribution in [0.1, 0.15) is 0 Å². The average molecular weight is 274 g/mol. The van der Waals surface area contributed by atoms with Crippen molar-refractivity contribution in [2.24, 2.45) is 0 Å². The quantitative estimate of drug-likeness (QED) is 0.835. The molecule has 1 fully saturated rings. The van der Waals surface area contributed by atoms with Crippen LogP contribution in [0.5, 0.6) is 0 Å². The number of H-pyrrole nitrogens is 1. The van der Waals surface area contributed by atoms with Crippen molar-refractivity contribution >= 4 is 11.9 Å². The van der Waals surface area contributed by atoms with Gasteiger partial charge < -0.3 is 14.9 Å². The van der Waals surface area contributed by atoms with Gasteiger partial charge >= 0.3 is 6.09 Å². The van der Waals surface area contributed by atoms with Gasteiger partial charge in [0.15, 0.2) is 5.82 Å². The molecule has 2 aromatic heterocycles. The molecule has 3 heterocycles. The van der Waals surface area contributed by atoms with Crippen LogP contribution in [0.2, 0.25) is 0 Å². The second-order valence-corrected chi connectivity index (χ2v) is 4.48. The number of amides is 1. The minimum atomic E-state index is -0.880.